The van der Waals surface area contributed by atoms with Crippen LogP contribution in [0.25, 0.3) is 10.9 Å². The number of hydrogen-bond acceptors (Lipinski definition) is 4. The van der Waals surface area contributed by atoms with E-state index in [1.54, 1.807) is 65.9 Å². The van der Waals surface area contributed by atoms with E-state index in [0.29, 0.717) is 5.69 Å². The highest BCUT2D eigenvalue weighted by Crippen LogP contribution is 2.25. The number of fused-ring (bicyclic) bond motifs is 1. The monoisotopic (exact) mass is 332 g/mol. The van der Waals surface area contributed by atoms with E-state index in [9.17, 15) is 9.59 Å². The number of aromatic amines is 1. The second kappa shape index (κ2) is 6.19. The second-order valence-corrected chi connectivity index (χ2v) is 7.55. The largest absolute Gasteiger partial charge is 0.443 e. The normalized spacial score (nSPS) is 12.1. The molecule has 0 aliphatic rings. The Bertz CT molecular complexity index is 722. The number of benzene rings is 1. The zero-order valence-electron chi connectivity index (χ0n) is 15.0. The van der Waals surface area contributed by atoms with Crippen molar-refractivity contribution in [2.75, 3.05) is 4.90 Å². The first kappa shape index (κ1) is 17.8. The summed E-state index contributed by atoms with van der Waals surface area (Å²) >= 11 is 0. The minimum Gasteiger partial charge on any atom is -0.443 e. The lowest BCUT2D eigenvalue weighted by molar-refractivity contribution is 0.0431. The summed E-state index contributed by atoms with van der Waals surface area (Å²) in [5.41, 5.74) is -0.150. The van der Waals surface area contributed by atoms with Crippen LogP contribution in [0, 0.1) is 0 Å². The van der Waals surface area contributed by atoms with E-state index < -0.39 is 23.4 Å². The molecule has 24 heavy (non-hydrogen) atoms. The van der Waals surface area contributed by atoms with Crippen molar-refractivity contribution < 1.29 is 19.1 Å². The molecule has 130 valence electrons. The smallest absolute Gasteiger partial charge is 0.424 e. The van der Waals surface area contributed by atoms with Gasteiger partial charge in [0.15, 0.2) is 0 Å². The number of nitrogens with one attached hydrogen (secondary N) is 1. The van der Waals surface area contributed by atoms with Gasteiger partial charge in [-0.2, -0.15) is 4.90 Å². The summed E-state index contributed by atoms with van der Waals surface area (Å²) in [5, 5.41) is 0.879. The van der Waals surface area contributed by atoms with Crippen LogP contribution >= 0.6 is 0 Å². The summed E-state index contributed by atoms with van der Waals surface area (Å²) in [6.07, 6.45) is 0.248. The number of hydrogen-bond donors (Lipinski definition) is 1. The number of H-pyrrole nitrogens is 1. The molecule has 2 amide bonds. The van der Waals surface area contributed by atoms with Crippen LogP contribution in [0.15, 0.2) is 30.5 Å². The minimum absolute atomic E-state index is 0.394. The quantitative estimate of drug-likeness (QED) is 0.810. The Morgan fingerprint density at radius 2 is 1.46 bits per heavy atom. The fourth-order valence-corrected chi connectivity index (χ4v) is 2.08. The van der Waals surface area contributed by atoms with E-state index in [1.165, 1.54) is 0 Å². The lowest BCUT2D eigenvalue weighted by Crippen LogP contribution is -2.43. The topological polar surface area (TPSA) is 71.6 Å². The number of rotatable bonds is 1. The lowest BCUT2D eigenvalue weighted by Gasteiger charge is -2.28. The van der Waals surface area contributed by atoms with Gasteiger partial charge in [-0.25, -0.2) is 9.59 Å². The molecule has 0 spiro atoms. The van der Waals surface area contributed by atoms with E-state index >= 15 is 0 Å². The molecule has 1 aromatic carbocycles. The first-order valence-corrected chi connectivity index (χ1v) is 7.79. The lowest BCUT2D eigenvalue weighted by atomic mass is 10.2. The van der Waals surface area contributed by atoms with Crippen molar-refractivity contribution in [2.45, 2.75) is 52.7 Å². The molecule has 0 radical (unpaired) electrons. The molecular formula is C18H24N2O4. The molecule has 0 atom stereocenters. The number of amides is 2. The van der Waals surface area contributed by atoms with Crippen LogP contribution in [-0.2, 0) is 9.47 Å². The first-order valence-electron chi connectivity index (χ1n) is 7.79. The second-order valence-electron chi connectivity index (χ2n) is 7.55. The van der Waals surface area contributed by atoms with Crippen LogP contribution < -0.4 is 4.90 Å². The Labute approximate surface area is 141 Å². The number of carbonyl (C=O) groups excluding carboxylic acids is 2. The van der Waals surface area contributed by atoms with Crippen LogP contribution in [0.5, 0.6) is 0 Å². The fraction of sp³-hybridized carbons (Fsp3) is 0.444. The van der Waals surface area contributed by atoms with Crippen molar-refractivity contribution in [1.82, 2.24) is 4.98 Å². The van der Waals surface area contributed by atoms with Gasteiger partial charge in [0.2, 0.25) is 0 Å². The number of aromatic nitrogens is 1. The molecule has 6 nitrogen and oxygen atoms in total. The number of imide groups is 1. The van der Waals surface area contributed by atoms with Crippen molar-refractivity contribution in [2.24, 2.45) is 0 Å². The average molecular weight is 332 g/mol. The maximum Gasteiger partial charge on any atom is 0.424 e. The third-order valence-corrected chi connectivity index (χ3v) is 2.95. The van der Waals surface area contributed by atoms with Crippen molar-refractivity contribution in [3.05, 3.63) is 30.5 Å². The van der Waals surface area contributed by atoms with Crippen LogP contribution in [0.3, 0.4) is 0 Å². The molecule has 2 rings (SSSR count). The summed E-state index contributed by atoms with van der Waals surface area (Å²) in [6, 6.07) is 7.07. The van der Waals surface area contributed by atoms with E-state index in [0.717, 1.165) is 15.8 Å². The van der Waals surface area contributed by atoms with E-state index in [1.807, 2.05) is 6.07 Å². The molecule has 1 aromatic heterocycles. The van der Waals surface area contributed by atoms with E-state index in [-0.39, 0.29) is 0 Å². The van der Waals surface area contributed by atoms with Gasteiger partial charge in [-0.05, 0) is 65.8 Å². The average Bonchev–Trinajstić information content (AvgIpc) is 2.81. The van der Waals surface area contributed by atoms with Crippen LogP contribution in [0.1, 0.15) is 41.5 Å². The highest BCUT2D eigenvalue weighted by molar-refractivity contribution is 6.10. The highest BCUT2D eigenvalue weighted by atomic mass is 16.6. The summed E-state index contributed by atoms with van der Waals surface area (Å²) in [5.74, 6) is 0. The Balaban J connectivity index is 2.40. The molecule has 1 N–H and O–H groups in total. The fourth-order valence-electron chi connectivity index (χ4n) is 2.08. The standard InChI is InChI=1S/C18H24N2O4/c1-17(2,3)23-15(21)20(16(22)24-18(4,5)6)13-7-8-14-12(11-13)9-10-19-14/h7-11,19H,1-6H3. The zero-order chi connectivity index (χ0) is 18.1. The van der Waals surface area contributed by atoms with Gasteiger partial charge >= 0.3 is 12.2 Å². The van der Waals surface area contributed by atoms with Gasteiger partial charge < -0.3 is 14.5 Å². The summed E-state index contributed by atoms with van der Waals surface area (Å²) in [7, 11) is 0. The minimum atomic E-state index is -0.772. The van der Waals surface area contributed by atoms with Gasteiger partial charge in [0, 0.05) is 17.1 Å². The number of ether oxygens (including phenoxy) is 2. The highest BCUT2D eigenvalue weighted by Gasteiger charge is 2.32. The summed E-state index contributed by atoms with van der Waals surface area (Å²) < 4.78 is 10.7. The molecule has 0 fully saturated rings. The Kier molecular flexibility index (Phi) is 4.60. The van der Waals surface area contributed by atoms with Crippen LogP contribution in [0.2, 0.25) is 0 Å². The molecule has 0 saturated carbocycles. The molecule has 0 saturated heterocycles. The predicted octanol–water partition coefficient (Wildman–Crippen LogP) is 4.84. The molecule has 1 heterocycles. The third kappa shape index (κ3) is 4.50. The van der Waals surface area contributed by atoms with Gasteiger partial charge in [0.1, 0.15) is 11.2 Å². The Morgan fingerprint density at radius 1 is 0.917 bits per heavy atom. The molecular weight excluding hydrogens is 308 g/mol. The SMILES string of the molecule is CC(C)(C)OC(=O)N(C(=O)OC(C)(C)C)c1ccc2[nH]ccc2c1. The number of carbonyl (C=O) groups is 2. The summed E-state index contributed by atoms with van der Waals surface area (Å²) in [4.78, 5) is 29.1. The molecule has 0 aliphatic carbocycles. The molecule has 0 aliphatic heterocycles. The Hall–Kier alpha value is -2.50. The third-order valence-electron chi connectivity index (χ3n) is 2.95. The summed E-state index contributed by atoms with van der Waals surface area (Å²) in [6.45, 7) is 10.5. The molecule has 2 aromatic rings. The maximum absolute atomic E-state index is 12.6. The first-order chi connectivity index (χ1) is 11.0. The van der Waals surface area contributed by atoms with Crippen molar-refractivity contribution in [3.63, 3.8) is 0 Å². The van der Waals surface area contributed by atoms with E-state index in [2.05, 4.69) is 4.98 Å². The number of nitrogens with zero attached hydrogens (tertiary/aromatic N) is 1. The van der Waals surface area contributed by atoms with Gasteiger partial charge in [-0.15, -0.1) is 0 Å². The maximum atomic E-state index is 12.6. The predicted molar refractivity (Wildman–Crippen MR) is 93.2 cm³/mol. The zero-order valence-corrected chi connectivity index (χ0v) is 15.0. The van der Waals surface area contributed by atoms with Crippen molar-refractivity contribution in [1.29, 1.82) is 0 Å². The van der Waals surface area contributed by atoms with Gasteiger partial charge in [-0.1, -0.05) is 0 Å². The Morgan fingerprint density at radius 3 is 1.96 bits per heavy atom. The molecule has 6 heteroatoms. The molecule has 0 unspecified atom stereocenters. The van der Waals surface area contributed by atoms with Crippen molar-refractivity contribution in [3.8, 4) is 0 Å². The van der Waals surface area contributed by atoms with Crippen LogP contribution in [-0.4, -0.2) is 28.4 Å². The van der Waals surface area contributed by atoms with Crippen LogP contribution in [0.4, 0.5) is 15.3 Å². The van der Waals surface area contributed by atoms with Crippen molar-refractivity contribution >= 4 is 28.8 Å². The van der Waals surface area contributed by atoms with Gasteiger partial charge in [-0.3, -0.25) is 0 Å². The molecule has 0 bridgehead atoms. The number of anilines is 1. The van der Waals surface area contributed by atoms with Gasteiger partial charge in [0.25, 0.3) is 0 Å². The van der Waals surface area contributed by atoms with Gasteiger partial charge in [0.05, 0.1) is 5.69 Å². The van der Waals surface area contributed by atoms with E-state index in [4.69, 9.17) is 9.47 Å².